The van der Waals surface area contributed by atoms with Crippen molar-refractivity contribution in [2.75, 3.05) is 6.54 Å². The summed E-state index contributed by atoms with van der Waals surface area (Å²) < 4.78 is 12.6. The molecule has 0 aliphatic heterocycles. The summed E-state index contributed by atoms with van der Waals surface area (Å²) in [5, 5.41) is 3.33. The number of pyridine rings is 1. The summed E-state index contributed by atoms with van der Waals surface area (Å²) in [4.78, 5) is 4.02. The Balaban J connectivity index is 2.52. The molecule has 0 amide bonds. The van der Waals surface area contributed by atoms with Crippen LogP contribution in [-0.2, 0) is 0 Å². The van der Waals surface area contributed by atoms with Crippen LogP contribution in [0.4, 0.5) is 4.39 Å². The predicted molar refractivity (Wildman–Crippen MR) is 55.5 cm³/mol. The SMILES string of the molecule is CC(C)CNC(C)c1ccc(F)cn1. The van der Waals surface area contributed by atoms with Gasteiger partial charge in [0.25, 0.3) is 0 Å². The highest BCUT2D eigenvalue weighted by atomic mass is 19.1. The lowest BCUT2D eigenvalue weighted by atomic mass is 10.1. The second kappa shape index (κ2) is 5.05. The van der Waals surface area contributed by atoms with Crippen LogP contribution < -0.4 is 5.32 Å². The van der Waals surface area contributed by atoms with Gasteiger partial charge in [0.1, 0.15) is 5.82 Å². The van der Waals surface area contributed by atoms with Gasteiger partial charge in [0, 0.05) is 6.04 Å². The van der Waals surface area contributed by atoms with Gasteiger partial charge >= 0.3 is 0 Å². The maximum atomic E-state index is 12.6. The molecule has 14 heavy (non-hydrogen) atoms. The predicted octanol–water partition coefficient (Wildman–Crippen LogP) is 2.53. The zero-order valence-electron chi connectivity index (χ0n) is 8.92. The lowest BCUT2D eigenvalue weighted by molar-refractivity contribution is 0.488. The highest BCUT2D eigenvalue weighted by molar-refractivity contribution is 5.08. The zero-order valence-corrected chi connectivity index (χ0v) is 8.92. The Morgan fingerprint density at radius 3 is 2.57 bits per heavy atom. The first kappa shape index (κ1) is 11.1. The minimum atomic E-state index is -0.287. The van der Waals surface area contributed by atoms with Gasteiger partial charge < -0.3 is 5.32 Å². The van der Waals surface area contributed by atoms with Crippen LogP contribution in [0.1, 0.15) is 32.5 Å². The van der Waals surface area contributed by atoms with Crippen molar-refractivity contribution in [1.82, 2.24) is 10.3 Å². The summed E-state index contributed by atoms with van der Waals surface area (Å²) in [7, 11) is 0. The third-order valence-corrected chi connectivity index (χ3v) is 2.03. The number of hydrogen-bond acceptors (Lipinski definition) is 2. The van der Waals surface area contributed by atoms with Crippen molar-refractivity contribution in [3.8, 4) is 0 Å². The van der Waals surface area contributed by atoms with Gasteiger partial charge in [-0.05, 0) is 31.5 Å². The van der Waals surface area contributed by atoms with Crippen LogP contribution in [0.15, 0.2) is 18.3 Å². The summed E-state index contributed by atoms with van der Waals surface area (Å²) >= 11 is 0. The van der Waals surface area contributed by atoms with Gasteiger partial charge in [-0.2, -0.15) is 0 Å². The van der Waals surface area contributed by atoms with Crippen LogP contribution in [-0.4, -0.2) is 11.5 Å². The molecular weight excluding hydrogens is 179 g/mol. The second-order valence-corrected chi connectivity index (χ2v) is 3.93. The first-order chi connectivity index (χ1) is 6.59. The lowest BCUT2D eigenvalue weighted by Crippen LogP contribution is -2.23. The molecule has 0 fully saturated rings. The fourth-order valence-electron chi connectivity index (χ4n) is 1.16. The van der Waals surface area contributed by atoms with Crippen molar-refractivity contribution < 1.29 is 4.39 Å². The molecule has 0 aromatic carbocycles. The van der Waals surface area contributed by atoms with Crippen molar-refractivity contribution in [1.29, 1.82) is 0 Å². The summed E-state index contributed by atoms with van der Waals surface area (Å²) in [5.74, 6) is 0.322. The molecule has 2 nitrogen and oxygen atoms in total. The van der Waals surface area contributed by atoms with E-state index in [2.05, 4.69) is 24.1 Å². The van der Waals surface area contributed by atoms with Crippen LogP contribution in [0.3, 0.4) is 0 Å². The Hall–Kier alpha value is -0.960. The minimum absolute atomic E-state index is 0.179. The van der Waals surface area contributed by atoms with Crippen molar-refractivity contribution >= 4 is 0 Å². The molecule has 1 heterocycles. The van der Waals surface area contributed by atoms with E-state index >= 15 is 0 Å². The summed E-state index contributed by atoms with van der Waals surface area (Å²) in [6, 6.07) is 3.33. The van der Waals surface area contributed by atoms with Gasteiger partial charge in [0.2, 0.25) is 0 Å². The van der Waals surface area contributed by atoms with Crippen molar-refractivity contribution in [3.63, 3.8) is 0 Å². The smallest absolute Gasteiger partial charge is 0.141 e. The molecule has 1 rings (SSSR count). The molecule has 3 heteroatoms. The number of rotatable bonds is 4. The fourth-order valence-corrected chi connectivity index (χ4v) is 1.16. The van der Waals surface area contributed by atoms with Crippen LogP contribution in [0, 0.1) is 11.7 Å². The monoisotopic (exact) mass is 196 g/mol. The molecule has 0 saturated carbocycles. The Morgan fingerprint density at radius 1 is 1.36 bits per heavy atom. The highest BCUT2D eigenvalue weighted by Crippen LogP contribution is 2.09. The molecule has 0 aliphatic carbocycles. The van der Waals surface area contributed by atoms with E-state index in [0.717, 1.165) is 12.2 Å². The maximum absolute atomic E-state index is 12.6. The van der Waals surface area contributed by atoms with E-state index in [1.807, 2.05) is 6.92 Å². The Kier molecular flexibility index (Phi) is 4.01. The molecule has 0 spiro atoms. The van der Waals surface area contributed by atoms with E-state index in [4.69, 9.17) is 0 Å². The second-order valence-electron chi connectivity index (χ2n) is 3.93. The molecule has 0 bridgehead atoms. The van der Waals surface area contributed by atoms with Gasteiger partial charge in [-0.25, -0.2) is 4.39 Å². The third kappa shape index (κ3) is 3.42. The summed E-state index contributed by atoms with van der Waals surface area (Å²) in [6.07, 6.45) is 1.25. The molecule has 1 unspecified atom stereocenters. The van der Waals surface area contributed by atoms with E-state index in [1.165, 1.54) is 12.3 Å². The standard InChI is InChI=1S/C11H17FN2/c1-8(2)6-13-9(3)11-5-4-10(12)7-14-11/h4-5,7-9,13H,6H2,1-3H3. The molecule has 0 saturated heterocycles. The van der Waals surface area contributed by atoms with Gasteiger partial charge in [0.15, 0.2) is 0 Å². The van der Waals surface area contributed by atoms with E-state index in [9.17, 15) is 4.39 Å². The van der Waals surface area contributed by atoms with E-state index in [1.54, 1.807) is 6.07 Å². The number of aromatic nitrogens is 1. The van der Waals surface area contributed by atoms with Crippen LogP contribution in [0.25, 0.3) is 0 Å². The average molecular weight is 196 g/mol. The number of nitrogens with zero attached hydrogens (tertiary/aromatic N) is 1. The number of halogens is 1. The molecule has 78 valence electrons. The normalized spacial score (nSPS) is 13.2. The molecule has 0 aliphatic rings. The van der Waals surface area contributed by atoms with Crippen LogP contribution >= 0.6 is 0 Å². The molecule has 1 aromatic rings. The van der Waals surface area contributed by atoms with Crippen molar-refractivity contribution in [2.24, 2.45) is 5.92 Å². The lowest BCUT2D eigenvalue weighted by Gasteiger charge is -2.14. The molecule has 1 aromatic heterocycles. The number of nitrogens with one attached hydrogen (secondary N) is 1. The van der Waals surface area contributed by atoms with Gasteiger partial charge in [-0.3, -0.25) is 4.98 Å². The van der Waals surface area contributed by atoms with Gasteiger partial charge in [-0.1, -0.05) is 13.8 Å². The Labute approximate surface area is 84.6 Å². The van der Waals surface area contributed by atoms with Gasteiger partial charge in [0.05, 0.1) is 11.9 Å². The van der Waals surface area contributed by atoms with E-state index in [-0.39, 0.29) is 11.9 Å². The number of hydrogen-bond donors (Lipinski definition) is 1. The first-order valence-electron chi connectivity index (χ1n) is 4.94. The Morgan fingerprint density at radius 2 is 2.07 bits per heavy atom. The fraction of sp³-hybridized carbons (Fsp3) is 0.545. The maximum Gasteiger partial charge on any atom is 0.141 e. The van der Waals surface area contributed by atoms with Crippen molar-refractivity contribution in [3.05, 3.63) is 29.8 Å². The zero-order chi connectivity index (χ0) is 10.6. The van der Waals surface area contributed by atoms with E-state index in [0.29, 0.717) is 5.92 Å². The van der Waals surface area contributed by atoms with Crippen LogP contribution in [0.5, 0.6) is 0 Å². The highest BCUT2D eigenvalue weighted by Gasteiger charge is 2.06. The average Bonchev–Trinajstić information content (AvgIpc) is 2.15. The van der Waals surface area contributed by atoms with Crippen LogP contribution in [0.2, 0.25) is 0 Å². The summed E-state index contributed by atoms with van der Waals surface area (Å²) in [5.41, 5.74) is 0.882. The molecule has 1 atom stereocenters. The first-order valence-corrected chi connectivity index (χ1v) is 4.94. The summed E-state index contributed by atoms with van der Waals surface area (Å²) in [6.45, 7) is 7.28. The quantitative estimate of drug-likeness (QED) is 0.800. The van der Waals surface area contributed by atoms with Crippen molar-refractivity contribution in [2.45, 2.75) is 26.8 Å². The van der Waals surface area contributed by atoms with E-state index < -0.39 is 0 Å². The molecule has 0 radical (unpaired) electrons. The Bertz CT molecular complexity index is 269. The largest absolute Gasteiger partial charge is 0.309 e. The molecule has 1 N–H and O–H groups in total. The van der Waals surface area contributed by atoms with Gasteiger partial charge in [-0.15, -0.1) is 0 Å². The topological polar surface area (TPSA) is 24.9 Å². The third-order valence-electron chi connectivity index (χ3n) is 2.03. The minimum Gasteiger partial charge on any atom is -0.309 e. The molecular formula is C11H17FN2.